The smallest absolute Gasteiger partial charge is 0.157 e. The van der Waals surface area contributed by atoms with Crippen molar-refractivity contribution in [1.82, 2.24) is 15.0 Å². The molecule has 0 unspecified atom stereocenters. The Balaban J connectivity index is 2.20. The molecule has 0 aliphatic rings. The Morgan fingerprint density at radius 1 is 1.28 bits per heavy atom. The van der Waals surface area contributed by atoms with Gasteiger partial charge in [0.25, 0.3) is 0 Å². The van der Waals surface area contributed by atoms with Crippen molar-refractivity contribution >= 4 is 11.0 Å². The van der Waals surface area contributed by atoms with E-state index in [1.165, 1.54) is 0 Å². The number of hydrogen-bond donors (Lipinski definition) is 1. The van der Waals surface area contributed by atoms with E-state index in [-0.39, 0.29) is 0 Å². The lowest BCUT2D eigenvalue weighted by Crippen LogP contribution is -1.88. The fourth-order valence-electron chi connectivity index (χ4n) is 1.92. The number of rotatable bonds is 1. The van der Waals surface area contributed by atoms with Gasteiger partial charge in [0.1, 0.15) is 5.69 Å². The molecule has 0 amide bonds. The lowest BCUT2D eigenvalue weighted by molar-refractivity contribution is 1.20. The molecule has 0 atom stereocenters. The zero-order chi connectivity index (χ0) is 12.5. The van der Waals surface area contributed by atoms with E-state index < -0.39 is 0 Å². The summed E-state index contributed by atoms with van der Waals surface area (Å²) in [6.07, 6.45) is 1.75. The molecule has 2 heterocycles. The van der Waals surface area contributed by atoms with Gasteiger partial charge in [0, 0.05) is 6.20 Å². The molecule has 1 aromatic carbocycles. The maximum absolute atomic E-state index is 8.87. The Bertz CT molecular complexity index is 765. The molecule has 18 heavy (non-hydrogen) atoms. The Labute approximate surface area is 104 Å². The maximum Gasteiger partial charge on any atom is 0.157 e. The predicted molar refractivity (Wildman–Crippen MR) is 68.8 cm³/mol. The van der Waals surface area contributed by atoms with E-state index in [2.05, 4.69) is 21.0 Å². The van der Waals surface area contributed by atoms with Crippen molar-refractivity contribution in [3.63, 3.8) is 0 Å². The van der Waals surface area contributed by atoms with Gasteiger partial charge < -0.3 is 4.98 Å². The fraction of sp³-hybridized carbons (Fsp3) is 0.0714. The van der Waals surface area contributed by atoms with Gasteiger partial charge in [0.15, 0.2) is 5.82 Å². The van der Waals surface area contributed by atoms with E-state index in [0.717, 1.165) is 28.1 Å². The van der Waals surface area contributed by atoms with Gasteiger partial charge in [-0.2, -0.15) is 5.26 Å². The number of benzene rings is 1. The summed E-state index contributed by atoms with van der Waals surface area (Å²) < 4.78 is 0. The molecule has 0 bridgehead atoms. The summed E-state index contributed by atoms with van der Waals surface area (Å²) in [4.78, 5) is 12.0. The Morgan fingerprint density at radius 2 is 2.17 bits per heavy atom. The van der Waals surface area contributed by atoms with Gasteiger partial charge in [-0.1, -0.05) is 6.07 Å². The van der Waals surface area contributed by atoms with Gasteiger partial charge >= 0.3 is 0 Å². The highest BCUT2D eigenvalue weighted by atomic mass is 14.9. The lowest BCUT2D eigenvalue weighted by Gasteiger charge is -1.98. The summed E-state index contributed by atoms with van der Waals surface area (Å²) in [5.74, 6) is 0.734. The van der Waals surface area contributed by atoms with Gasteiger partial charge in [-0.25, -0.2) is 4.98 Å². The van der Waals surface area contributed by atoms with Crippen LogP contribution in [-0.2, 0) is 0 Å². The molecule has 0 saturated heterocycles. The van der Waals surface area contributed by atoms with Crippen LogP contribution >= 0.6 is 0 Å². The SMILES string of the molecule is Cc1cccnc1-c1nc2ccc(C#N)cc2[nH]1. The zero-order valence-electron chi connectivity index (χ0n) is 9.81. The van der Waals surface area contributed by atoms with Crippen molar-refractivity contribution in [2.75, 3.05) is 0 Å². The van der Waals surface area contributed by atoms with Crippen LogP contribution in [0.3, 0.4) is 0 Å². The summed E-state index contributed by atoms with van der Waals surface area (Å²) in [5, 5.41) is 8.87. The molecule has 4 heteroatoms. The highest BCUT2D eigenvalue weighted by molar-refractivity contribution is 5.80. The number of hydrogen-bond acceptors (Lipinski definition) is 3. The van der Waals surface area contributed by atoms with E-state index in [9.17, 15) is 0 Å². The summed E-state index contributed by atoms with van der Waals surface area (Å²) in [6, 6.07) is 11.4. The molecule has 0 aliphatic heterocycles. The highest BCUT2D eigenvalue weighted by Crippen LogP contribution is 2.21. The second-order valence-electron chi connectivity index (χ2n) is 4.10. The molecule has 4 nitrogen and oxygen atoms in total. The van der Waals surface area contributed by atoms with E-state index in [0.29, 0.717) is 5.56 Å². The number of aromatic nitrogens is 3. The van der Waals surface area contributed by atoms with Gasteiger partial charge in [-0.05, 0) is 36.8 Å². The monoisotopic (exact) mass is 234 g/mol. The maximum atomic E-state index is 8.87. The normalized spacial score (nSPS) is 10.4. The first-order chi connectivity index (χ1) is 8.78. The third-order valence-corrected chi connectivity index (χ3v) is 2.84. The third-order valence-electron chi connectivity index (χ3n) is 2.84. The number of H-pyrrole nitrogens is 1. The first-order valence-electron chi connectivity index (χ1n) is 5.60. The molecular formula is C14H10N4. The first-order valence-corrected chi connectivity index (χ1v) is 5.60. The average Bonchev–Trinajstić information content (AvgIpc) is 2.81. The first kappa shape index (κ1) is 10.5. The molecule has 0 saturated carbocycles. The minimum Gasteiger partial charge on any atom is -0.337 e. The molecule has 3 aromatic rings. The van der Waals surface area contributed by atoms with Crippen molar-refractivity contribution < 1.29 is 0 Å². The molecule has 0 radical (unpaired) electrons. The van der Waals surface area contributed by atoms with E-state index >= 15 is 0 Å². The minimum atomic E-state index is 0.621. The van der Waals surface area contributed by atoms with Crippen LogP contribution in [0.15, 0.2) is 36.5 Å². The summed E-state index contributed by atoms with van der Waals surface area (Å²) in [5.41, 5.74) is 4.22. The van der Waals surface area contributed by atoms with E-state index in [1.54, 1.807) is 18.3 Å². The Kier molecular flexibility index (Phi) is 2.31. The number of nitriles is 1. The molecule has 0 aliphatic carbocycles. The van der Waals surface area contributed by atoms with Crippen LogP contribution in [0.4, 0.5) is 0 Å². The largest absolute Gasteiger partial charge is 0.337 e. The van der Waals surface area contributed by atoms with Crippen molar-refractivity contribution in [3.8, 4) is 17.6 Å². The zero-order valence-corrected chi connectivity index (χ0v) is 9.81. The number of fused-ring (bicyclic) bond motifs is 1. The van der Waals surface area contributed by atoms with Gasteiger partial charge in [-0.15, -0.1) is 0 Å². The number of aromatic amines is 1. The van der Waals surface area contributed by atoms with Crippen LogP contribution in [0.1, 0.15) is 11.1 Å². The fourth-order valence-corrected chi connectivity index (χ4v) is 1.92. The molecule has 1 N–H and O–H groups in total. The molecule has 86 valence electrons. The number of pyridine rings is 1. The van der Waals surface area contributed by atoms with E-state index in [1.807, 2.05) is 25.1 Å². The Morgan fingerprint density at radius 3 is 2.94 bits per heavy atom. The van der Waals surface area contributed by atoms with Crippen LogP contribution in [0.2, 0.25) is 0 Å². The predicted octanol–water partition coefficient (Wildman–Crippen LogP) is 2.81. The van der Waals surface area contributed by atoms with Gasteiger partial charge in [-0.3, -0.25) is 4.98 Å². The number of nitrogens with zero attached hydrogens (tertiary/aromatic N) is 3. The van der Waals surface area contributed by atoms with E-state index in [4.69, 9.17) is 5.26 Å². The summed E-state index contributed by atoms with van der Waals surface area (Å²) in [6.45, 7) is 2.00. The lowest BCUT2D eigenvalue weighted by atomic mass is 10.2. The number of aryl methyl sites for hydroxylation is 1. The molecule has 0 fully saturated rings. The summed E-state index contributed by atoms with van der Waals surface area (Å²) in [7, 11) is 0. The standard InChI is InChI=1S/C14H10N4/c1-9-3-2-6-16-13(9)14-17-11-5-4-10(8-15)7-12(11)18-14/h2-7H,1H3,(H,17,18). The van der Waals surface area contributed by atoms with Gasteiger partial charge in [0.2, 0.25) is 0 Å². The van der Waals surface area contributed by atoms with Crippen LogP contribution < -0.4 is 0 Å². The Hall–Kier alpha value is -2.67. The van der Waals surface area contributed by atoms with Crippen molar-refractivity contribution in [1.29, 1.82) is 5.26 Å². The average molecular weight is 234 g/mol. The van der Waals surface area contributed by atoms with Crippen LogP contribution in [-0.4, -0.2) is 15.0 Å². The van der Waals surface area contributed by atoms with Crippen LogP contribution in [0.5, 0.6) is 0 Å². The minimum absolute atomic E-state index is 0.621. The van der Waals surface area contributed by atoms with Crippen LogP contribution in [0.25, 0.3) is 22.6 Å². The molecule has 2 aromatic heterocycles. The molecular weight excluding hydrogens is 224 g/mol. The van der Waals surface area contributed by atoms with Crippen LogP contribution in [0, 0.1) is 18.3 Å². The number of imidazole rings is 1. The van der Waals surface area contributed by atoms with Crippen molar-refractivity contribution in [2.24, 2.45) is 0 Å². The second kappa shape index (κ2) is 3.97. The quantitative estimate of drug-likeness (QED) is 0.704. The highest BCUT2D eigenvalue weighted by Gasteiger charge is 2.08. The topological polar surface area (TPSA) is 65.4 Å². The van der Waals surface area contributed by atoms with Gasteiger partial charge in [0.05, 0.1) is 22.7 Å². The third kappa shape index (κ3) is 1.62. The second-order valence-corrected chi connectivity index (χ2v) is 4.10. The number of nitrogens with one attached hydrogen (secondary N) is 1. The molecule has 0 spiro atoms. The summed E-state index contributed by atoms with van der Waals surface area (Å²) >= 11 is 0. The molecule has 3 rings (SSSR count). The van der Waals surface area contributed by atoms with Crippen molar-refractivity contribution in [2.45, 2.75) is 6.92 Å². The van der Waals surface area contributed by atoms with Crippen molar-refractivity contribution in [3.05, 3.63) is 47.7 Å².